The van der Waals surface area contributed by atoms with Gasteiger partial charge in [-0.05, 0) is 23.8 Å². The number of carbonyl (C=O) groups excluding carboxylic acids is 1. The van der Waals surface area contributed by atoms with E-state index in [1.807, 2.05) is 6.07 Å². The van der Waals surface area contributed by atoms with E-state index in [0.717, 1.165) is 20.7 Å². The Morgan fingerprint density at radius 1 is 1.29 bits per heavy atom. The van der Waals surface area contributed by atoms with Gasteiger partial charge in [-0.25, -0.2) is 0 Å². The highest BCUT2D eigenvalue weighted by atomic mass is 79.9. The number of rotatable bonds is 4. The Kier molecular flexibility index (Phi) is 6.16. The van der Waals surface area contributed by atoms with E-state index in [4.69, 9.17) is 0 Å². The fourth-order valence-corrected chi connectivity index (χ4v) is 3.18. The highest BCUT2D eigenvalue weighted by Gasteiger charge is 2.19. The second-order valence-corrected chi connectivity index (χ2v) is 6.55. The molecule has 0 saturated carbocycles. The van der Waals surface area contributed by atoms with Crippen LogP contribution in [-0.2, 0) is 4.79 Å². The molecule has 1 aromatic rings. The zero-order valence-corrected chi connectivity index (χ0v) is 13.0. The molecule has 2 N–H and O–H groups in total. The van der Waals surface area contributed by atoms with Crippen LogP contribution in [0.2, 0.25) is 0 Å². The molecule has 6 heteroatoms. The molecule has 1 aromatic carbocycles. The van der Waals surface area contributed by atoms with Gasteiger partial charge in [-0.3, -0.25) is 4.79 Å². The molecule has 1 rings (SSSR count). The molecule has 0 heterocycles. The Balaban J connectivity index is 2.73. The molecule has 0 aromatic heterocycles. The molecule has 2 unspecified atom stereocenters. The first-order valence-electron chi connectivity index (χ1n) is 4.85. The summed E-state index contributed by atoms with van der Waals surface area (Å²) in [5.74, 6) is 0.181. The van der Waals surface area contributed by atoms with Crippen LogP contribution in [0.25, 0.3) is 0 Å². The Morgan fingerprint density at radius 3 is 2.29 bits per heavy atom. The second-order valence-electron chi connectivity index (χ2n) is 3.52. The van der Waals surface area contributed by atoms with Crippen LogP contribution in [-0.4, -0.2) is 27.2 Å². The number of hydrogen-bond acceptors (Lipinski definition) is 4. The molecule has 0 saturated heterocycles. The molecule has 3 nitrogen and oxygen atoms in total. The summed E-state index contributed by atoms with van der Waals surface area (Å²) in [7, 11) is 0. The van der Waals surface area contributed by atoms with Crippen molar-refractivity contribution in [3.8, 4) is 0 Å². The van der Waals surface area contributed by atoms with Gasteiger partial charge in [-0.2, -0.15) is 0 Å². The lowest BCUT2D eigenvalue weighted by Gasteiger charge is -2.17. The fraction of sp³-hybridized carbons (Fsp3) is 0.364. The van der Waals surface area contributed by atoms with Gasteiger partial charge in [0, 0.05) is 21.6 Å². The summed E-state index contributed by atoms with van der Waals surface area (Å²) in [5.41, 5.74) is 0.600. The van der Waals surface area contributed by atoms with E-state index in [9.17, 15) is 15.0 Å². The number of aliphatic hydroxyl groups excluding tert-OH is 2. The van der Waals surface area contributed by atoms with Gasteiger partial charge in [0.05, 0.1) is 6.10 Å². The van der Waals surface area contributed by atoms with Gasteiger partial charge in [0.25, 0.3) is 0 Å². The SMILES string of the molecule is CC(=O)SCC(O)C(O)c1cc(Br)cc(Br)c1. The third kappa shape index (κ3) is 5.09. The molecule has 0 aliphatic rings. The lowest BCUT2D eigenvalue weighted by Crippen LogP contribution is -2.21. The van der Waals surface area contributed by atoms with Crippen molar-refractivity contribution in [2.75, 3.05) is 5.75 Å². The highest BCUT2D eigenvalue weighted by Crippen LogP contribution is 2.27. The first-order valence-corrected chi connectivity index (χ1v) is 7.43. The van der Waals surface area contributed by atoms with Crippen molar-refractivity contribution in [3.63, 3.8) is 0 Å². The van der Waals surface area contributed by atoms with Gasteiger partial charge < -0.3 is 10.2 Å². The average molecular weight is 384 g/mol. The molecular formula is C11H12Br2O3S. The lowest BCUT2D eigenvalue weighted by atomic mass is 10.1. The minimum atomic E-state index is -1.00. The monoisotopic (exact) mass is 382 g/mol. The van der Waals surface area contributed by atoms with E-state index in [0.29, 0.717) is 5.56 Å². The smallest absolute Gasteiger partial charge is 0.185 e. The standard InChI is InChI=1S/C11H12Br2O3S/c1-6(14)17-5-10(15)11(16)7-2-8(12)4-9(13)3-7/h2-4,10-11,15-16H,5H2,1H3. The van der Waals surface area contributed by atoms with Crippen LogP contribution in [0.1, 0.15) is 18.6 Å². The van der Waals surface area contributed by atoms with Gasteiger partial charge >= 0.3 is 0 Å². The Bertz CT molecular complexity index is 391. The number of thioether (sulfide) groups is 1. The van der Waals surface area contributed by atoms with Crippen LogP contribution in [0.15, 0.2) is 27.1 Å². The summed E-state index contributed by atoms with van der Waals surface area (Å²) in [6, 6.07) is 5.31. The van der Waals surface area contributed by atoms with Crippen LogP contribution >= 0.6 is 43.6 Å². The third-order valence-corrected chi connectivity index (χ3v) is 3.88. The summed E-state index contributed by atoms with van der Waals surface area (Å²) < 4.78 is 1.62. The van der Waals surface area contributed by atoms with Crippen molar-refractivity contribution in [2.24, 2.45) is 0 Å². The molecule has 0 amide bonds. The van der Waals surface area contributed by atoms with Crippen molar-refractivity contribution in [1.29, 1.82) is 0 Å². The normalized spacial score (nSPS) is 14.4. The van der Waals surface area contributed by atoms with Crippen LogP contribution in [0.3, 0.4) is 0 Å². The number of carbonyl (C=O) groups is 1. The van der Waals surface area contributed by atoms with Crippen LogP contribution in [0.4, 0.5) is 0 Å². The summed E-state index contributed by atoms with van der Waals surface area (Å²) >= 11 is 7.62. The van der Waals surface area contributed by atoms with Gasteiger partial charge in [-0.1, -0.05) is 43.6 Å². The molecule has 0 aliphatic carbocycles. The number of aliphatic hydroxyl groups is 2. The average Bonchev–Trinajstić information content (AvgIpc) is 2.23. The molecule has 0 spiro atoms. The van der Waals surface area contributed by atoms with Crippen molar-refractivity contribution >= 4 is 48.7 Å². The zero-order valence-electron chi connectivity index (χ0n) is 9.06. The van der Waals surface area contributed by atoms with E-state index in [-0.39, 0.29) is 10.9 Å². The van der Waals surface area contributed by atoms with Crippen LogP contribution in [0.5, 0.6) is 0 Å². The quantitative estimate of drug-likeness (QED) is 0.839. The molecular weight excluding hydrogens is 372 g/mol. The van der Waals surface area contributed by atoms with E-state index < -0.39 is 12.2 Å². The fourth-order valence-electron chi connectivity index (χ4n) is 1.26. The largest absolute Gasteiger partial charge is 0.389 e. The van der Waals surface area contributed by atoms with Crippen molar-refractivity contribution in [1.82, 2.24) is 0 Å². The Morgan fingerprint density at radius 2 is 1.82 bits per heavy atom. The number of benzene rings is 1. The van der Waals surface area contributed by atoms with E-state index in [1.54, 1.807) is 12.1 Å². The third-order valence-electron chi connectivity index (χ3n) is 2.05. The lowest BCUT2D eigenvalue weighted by molar-refractivity contribution is -0.109. The number of halogens is 2. The van der Waals surface area contributed by atoms with E-state index >= 15 is 0 Å². The Hall–Kier alpha value is 0.120. The number of hydrogen-bond donors (Lipinski definition) is 2. The maximum absolute atomic E-state index is 10.8. The highest BCUT2D eigenvalue weighted by molar-refractivity contribution is 9.11. The van der Waals surface area contributed by atoms with Gasteiger partial charge in [0.2, 0.25) is 0 Å². The van der Waals surface area contributed by atoms with Crippen LogP contribution < -0.4 is 0 Å². The molecule has 0 aliphatic heterocycles. The first kappa shape index (κ1) is 15.2. The summed E-state index contributed by atoms with van der Waals surface area (Å²) in [5, 5.41) is 19.6. The maximum Gasteiger partial charge on any atom is 0.185 e. The van der Waals surface area contributed by atoms with Crippen molar-refractivity contribution in [2.45, 2.75) is 19.1 Å². The molecule has 94 valence electrons. The molecule has 17 heavy (non-hydrogen) atoms. The van der Waals surface area contributed by atoms with E-state index in [1.165, 1.54) is 6.92 Å². The van der Waals surface area contributed by atoms with Gasteiger partial charge in [0.15, 0.2) is 5.12 Å². The Labute approximate surface area is 121 Å². The van der Waals surface area contributed by atoms with Crippen molar-refractivity contribution in [3.05, 3.63) is 32.7 Å². The molecule has 2 atom stereocenters. The summed E-state index contributed by atoms with van der Waals surface area (Å²) in [4.78, 5) is 10.8. The maximum atomic E-state index is 10.8. The van der Waals surface area contributed by atoms with Gasteiger partial charge in [0.1, 0.15) is 6.10 Å². The molecule has 0 bridgehead atoms. The first-order chi connectivity index (χ1) is 7.90. The van der Waals surface area contributed by atoms with Crippen molar-refractivity contribution < 1.29 is 15.0 Å². The predicted octanol–water partition coefficient (Wildman–Crippen LogP) is 2.89. The van der Waals surface area contributed by atoms with E-state index in [2.05, 4.69) is 31.9 Å². The minimum absolute atomic E-state index is 0.0772. The van der Waals surface area contributed by atoms with Crippen LogP contribution in [0, 0.1) is 0 Å². The second kappa shape index (κ2) is 6.89. The summed E-state index contributed by atoms with van der Waals surface area (Å²) in [6.45, 7) is 1.43. The minimum Gasteiger partial charge on any atom is -0.389 e. The zero-order chi connectivity index (χ0) is 13.0. The predicted molar refractivity (Wildman–Crippen MR) is 75.9 cm³/mol. The van der Waals surface area contributed by atoms with Gasteiger partial charge in [-0.15, -0.1) is 0 Å². The summed E-state index contributed by atoms with van der Waals surface area (Å²) in [6.07, 6.45) is -1.97. The molecule has 0 fully saturated rings. The molecule has 0 radical (unpaired) electrons. The topological polar surface area (TPSA) is 57.5 Å².